The Morgan fingerprint density at radius 3 is 2.70 bits per heavy atom. The van der Waals surface area contributed by atoms with Crippen LogP contribution in [0.25, 0.3) is 11.2 Å². The van der Waals surface area contributed by atoms with E-state index in [0.717, 1.165) is 36.6 Å². The molecule has 7 heteroatoms. The van der Waals surface area contributed by atoms with Crippen LogP contribution >= 0.6 is 0 Å². The van der Waals surface area contributed by atoms with Gasteiger partial charge in [-0.1, -0.05) is 0 Å². The number of hydrogen-bond donors (Lipinski definition) is 1. The second-order valence-corrected chi connectivity index (χ2v) is 5.11. The van der Waals surface area contributed by atoms with Crippen molar-refractivity contribution in [1.29, 1.82) is 0 Å². The lowest BCUT2D eigenvalue weighted by Crippen LogP contribution is -2.19. The second kappa shape index (κ2) is 6.23. The van der Waals surface area contributed by atoms with Crippen LogP contribution in [0.15, 0.2) is 0 Å². The molecule has 2 N–H and O–H groups in total. The number of nitrogens with zero attached hydrogens (tertiary/aromatic N) is 5. The predicted molar refractivity (Wildman–Crippen MR) is 79.7 cm³/mol. The Morgan fingerprint density at radius 1 is 1.30 bits per heavy atom. The Balaban J connectivity index is 2.07. The summed E-state index contributed by atoms with van der Waals surface area (Å²) in [5.74, 6) is 0.527. The van der Waals surface area contributed by atoms with Crippen LogP contribution in [-0.4, -0.2) is 58.1 Å². The molecular formula is C13H24N6O. The molecule has 0 fully saturated rings. The van der Waals surface area contributed by atoms with Gasteiger partial charge in [0.05, 0.1) is 25.5 Å². The number of nitrogen functional groups attached to an aromatic ring is 1. The van der Waals surface area contributed by atoms with Gasteiger partial charge in [-0.3, -0.25) is 4.57 Å². The highest BCUT2D eigenvalue weighted by molar-refractivity contribution is 5.77. The van der Waals surface area contributed by atoms with Gasteiger partial charge in [-0.05, 0) is 27.9 Å². The number of imidazole rings is 1. The Kier molecular flexibility index (Phi) is 4.61. The van der Waals surface area contributed by atoms with Gasteiger partial charge in [0.2, 0.25) is 5.95 Å². The third-order valence-electron chi connectivity index (χ3n) is 3.27. The lowest BCUT2D eigenvalue weighted by molar-refractivity contribution is 0.111. The quantitative estimate of drug-likeness (QED) is 0.757. The van der Waals surface area contributed by atoms with Crippen LogP contribution in [0.3, 0.4) is 0 Å². The van der Waals surface area contributed by atoms with Gasteiger partial charge in [0.25, 0.3) is 0 Å². The summed E-state index contributed by atoms with van der Waals surface area (Å²) < 4.78 is 9.55. The van der Waals surface area contributed by atoms with Gasteiger partial charge in [-0.2, -0.15) is 5.10 Å². The smallest absolute Gasteiger partial charge is 0.202 e. The Bertz CT molecular complexity index is 571. The molecule has 7 nitrogen and oxygen atoms in total. The van der Waals surface area contributed by atoms with Crippen LogP contribution in [0.5, 0.6) is 0 Å². The molecule has 2 heterocycles. The zero-order valence-electron chi connectivity index (χ0n) is 12.8. The Morgan fingerprint density at radius 2 is 2.05 bits per heavy atom. The van der Waals surface area contributed by atoms with Gasteiger partial charge < -0.3 is 15.4 Å². The van der Waals surface area contributed by atoms with Crippen molar-refractivity contribution in [3.05, 3.63) is 5.69 Å². The second-order valence-electron chi connectivity index (χ2n) is 5.11. The highest BCUT2D eigenvalue weighted by Gasteiger charge is 2.16. The first kappa shape index (κ1) is 14.8. The molecule has 0 aromatic carbocycles. The number of aryl methyl sites for hydroxylation is 2. The molecule has 2 aromatic rings. The van der Waals surface area contributed by atoms with E-state index < -0.39 is 0 Å². The molecule has 0 bridgehead atoms. The predicted octanol–water partition coefficient (Wildman–Crippen LogP) is 0.722. The molecule has 0 radical (unpaired) electrons. The fourth-order valence-corrected chi connectivity index (χ4v) is 2.19. The summed E-state index contributed by atoms with van der Waals surface area (Å²) in [6.45, 7) is 7.78. The van der Waals surface area contributed by atoms with Gasteiger partial charge in [-0.25, -0.2) is 9.67 Å². The molecule has 0 spiro atoms. The SMILES string of the molecule is CCn1nc(C)c2nc(N)n(CCOCCN(C)C)c21. The molecule has 0 saturated heterocycles. The van der Waals surface area contributed by atoms with Crippen molar-refractivity contribution in [1.82, 2.24) is 24.2 Å². The summed E-state index contributed by atoms with van der Waals surface area (Å²) in [5.41, 5.74) is 8.79. The van der Waals surface area contributed by atoms with Crippen molar-refractivity contribution < 1.29 is 4.74 Å². The lowest BCUT2D eigenvalue weighted by Gasteiger charge is -2.11. The number of anilines is 1. The van der Waals surface area contributed by atoms with Gasteiger partial charge in [0.1, 0.15) is 5.52 Å². The van der Waals surface area contributed by atoms with Crippen LogP contribution in [0, 0.1) is 6.92 Å². The number of aromatic nitrogens is 4. The topological polar surface area (TPSA) is 74.1 Å². The maximum atomic E-state index is 6.00. The number of nitrogens with two attached hydrogens (primary N) is 1. The van der Waals surface area contributed by atoms with E-state index in [9.17, 15) is 0 Å². The number of likely N-dealkylation sites (N-methyl/N-ethyl adjacent to an activating group) is 1. The molecule has 0 saturated carbocycles. The fourth-order valence-electron chi connectivity index (χ4n) is 2.19. The summed E-state index contributed by atoms with van der Waals surface area (Å²) in [6, 6.07) is 0. The van der Waals surface area contributed by atoms with Crippen molar-refractivity contribution >= 4 is 17.1 Å². The average Bonchev–Trinajstić information content (AvgIpc) is 2.87. The van der Waals surface area contributed by atoms with E-state index in [1.54, 1.807) is 0 Å². The third kappa shape index (κ3) is 2.94. The Hall–Kier alpha value is -1.60. The number of hydrogen-bond acceptors (Lipinski definition) is 5. The van der Waals surface area contributed by atoms with Crippen molar-refractivity contribution in [3.8, 4) is 0 Å². The minimum Gasteiger partial charge on any atom is -0.378 e. The molecule has 112 valence electrons. The van der Waals surface area contributed by atoms with Gasteiger partial charge >= 0.3 is 0 Å². The first-order valence-electron chi connectivity index (χ1n) is 6.96. The number of fused-ring (bicyclic) bond motifs is 1. The molecule has 0 aliphatic carbocycles. The minimum absolute atomic E-state index is 0.527. The highest BCUT2D eigenvalue weighted by Crippen LogP contribution is 2.20. The van der Waals surface area contributed by atoms with E-state index in [1.165, 1.54) is 0 Å². The molecule has 0 unspecified atom stereocenters. The molecule has 2 aromatic heterocycles. The molecule has 0 aliphatic rings. The summed E-state index contributed by atoms with van der Waals surface area (Å²) in [5, 5.41) is 4.47. The lowest BCUT2D eigenvalue weighted by atomic mass is 10.4. The maximum Gasteiger partial charge on any atom is 0.202 e. The van der Waals surface area contributed by atoms with E-state index in [1.807, 2.05) is 30.3 Å². The van der Waals surface area contributed by atoms with Crippen molar-refractivity contribution in [3.63, 3.8) is 0 Å². The normalized spacial score (nSPS) is 11.8. The standard InChI is InChI=1S/C13H24N6O/c1-5-19-12-11(10(2)16-19)15-13(14)18(12)7-9-20-8-6-17(3)4/h5-9H2,1-4H3,(H2,14,15). The summed E-state index contributed by atoms with van der Waals surface area (Å²) in [7, 11) is 4.06. The van der Waals surface area contributed by atoms with Crippen LogP contribution in [0.4, 0.5) is 5.95 Å². The first-order valence-corrected chi connectivity index (χ1v) is 6.96. The highest BCUT2D eigenvalue weighted by atomic mass is 16.5. The van der Waals surface area contributed by atoms with Crippen LogP contribution in [-0.2, 0) is 17.8 Å². The van der Waals surface area contributed by atoms with Gasteiger partial charge in [-0.15, -0.1) is 0 Å². The molecule has 0 aliphatic heterocycles. The molecule has 20 heavy (non-hydrogen) atoms. The summed E-state index contributed by atoms with van der Waals surface area (Å²) in [6.07, 6.45) is 0. The van der Waals surface area contributed by atoms with E-state index in [0.29, 0.717) is 19.1 Å². The van der Waals surface area contributed by atoms with Crippen molar-refractivity contribution in [2.45, 2.75) is 26.9 Å². The molecular weight excluding hydrogens is 256 g/mol. The van der Waals surface area contributed by atoms with Crippen molar-refractivity contribution in [2.24, 2.45) is 0 Å². The molecule has 0 amide bonds. The largest absolute Gasteiger partial charge is 0.378 e. The minimum atomic E-state index is 0.527. The maximum absolute atomic E-state index is 6.00. The summed E-state index contributed by atoms with van der Waals surface area (Å²) >= 11 is 0. The number of rotatable bonds is 7. The third-order valence-corrected chi connectivity index (χ3v) is 3.27. The van der Waals surface area contributed by atoms with Crippen LogP contribution in [0.2, 0.25) is 0 Å². The molecule has 0 atom stereocenters. The fraction of sp³-hybridized carbons (Fsp3) is 0.692. The Labute approximate surface area is 119 Å². The van der Waals surface area contributed by atoms with E-state index in [2.05, 4.69) is 21.9 Å². The monoisotopic (exact) mass is 280 g/mol. The number of ether oxygens (including phenoxy) is 1. The van der Waals surface area contributed by atoms with Crippen molar-refractivity contribution in [2.75, 3.05) is 39.6 Å². The van der Waals surface area contributed by atoms with E-state index in [4.69, 9.17) is 10.5 Å². The zero-order valence-corrected chi connectivity index (χ0v) is 12.8. The first-order chi connectivity index (χ1) is 9.54. The van der Waals surface area contributed by atoms with Crippen LogP contribution < -0.4 is 5.73 Å². The van der Waals surface area contributed by atoms with Gasteiger partial charge in [0, 0.05) is 13.1 Å². The molecule has 2 rings (SSSR count). The zero-order chi connectivity index (χ0) is 14.7. The van der Waals surface area contributed by atoms with E-state index in [-0.39, 0.29) is 0 Å². The van der Waals surface area contributed by atoms with Crippen LogP contribution in [0.1, 0.15) is 12.6 Å². The van der Waals surface area contributed by atoms with Gasteiger partial charge in [0.15, 0.2) is 5.65 Å². The summed E-state index contributed by atoms with van der Waals surface area (Å²) in [4.78, 5) is 6.50. The average molecular weight is 280 g/mol. The van der Waals surface area contributed by atoms with E-state index >= 15 is 0 Å².